The normalized spacial score (nSPS) is 12.7. The van der Waals surface area contributed by atoms with Crippen molar-refractivity contribution < 1.29 is 27.5 Å². The van der Waals surface area contributed by atoms with Crippen LogP contribution in [0.5, 0.6) is 0 Å². The number of amides is 1. The highest BCUT2D eigenvalue weighted by molar-refractivity contribution is 6.33. The van der Waals surface area contributed by atoms with Gasteiger partial charge in [-0.2, -0.15) is 13.2 Å². The van der Waals surface area contributed by atoms with Crippen LogP contribution in [0.25, 0.3) is 0 Å². The van der Waals surface area contributed by atoms with Gasteiger partial charge in [-0.3, -0.25) is 4.79 Å². The maximum absolute atomic E-state index is 12.6. The number of halogens is 4. The van der Waals surface area contributed by atoms with Gasteiger partial charge >= 0.3 is 12.1 Å². The van der Waals surface area contributed by atoms with Crippen LogP contribution in [0, 0.1) is 5.92 Å². The minimum Gasteiger partial charge on any atom is -0.454 e. The molecule has 9 heteroatoms. The largest absolute Gasteiger partial charge is 0.454 e. The number of hydrogen-bond acceptors (Lipinski definition) is 4. The van der Waals surface area contributed by atoms with Gasteiger partial charge in [0.05, 0.1) is 16.3 Å². The quantitative estimate of drug-likeness (QED) is 0.759. The second-order valence-electron chi connectivity index (χ2n) is 5.34. The molecule has 0 aliphatic heterocycles. The highest BCUT2D eigenvalue weighted by atomic mass is 35.5. The summed E-state index contributed by atoms with van der Waals surface area (Å²) < 4.78 is 42.8. The maximum Gasteiger partial charge on any atom is 0.416 e. The van der Waals surface area contributed by atoms with Gasteiger partial charge in [0.1, 0.15) is 6.04 Å². The van der Waals surface area contributed by atoms with Gasteiger partial charge < -0.3 is 15.4 Å². The lowest BCUT2D eigenvalue weighted by Crippen LogP contribution is -2.38. The lowest BCUT2D eigenvalue weighted by molar-refractivity contribution is -0.150. The van der Waals surface area contributed by atoms with E-state index >= 15 is 0 Å². The molecule has 134 valence electrons. The van der Waals surface area contributed by atoms with Gasteiger partial charge in [-0.25, -0.2) is 4.79 Å². The second-order valence-corrected chi connectivity index (χ2v) is 5.75. The first-order valence-electron chi connectivity index (χ1n) is 7.06. The summed E-state index contributed by atoms with van der Waals surface area (Å²) in [4.78, 5) is 23.2. The molecule has 2 N–H and O–H groups in total. The van der Waals surface area contributed by atoms with Crippen molar-refractivity contribution in [3.8, 4) is 0 Å². The van der Waals surface area contributed by atoms with E-state index < -0.39 is 36.3 Å². The number of alkyl halides is 3. The van der Waals surface area contributed by atoms with Crippen LogP contribution < -0.4 is 10.6 Å². The minimum atomic E-state index is -4.51. The molecule has 1 aromatic rings. The lowest BCUT2D eigenvalue weighted by atomic mass is 10.0. The highest BCUT2D eigenvalue weighted by Gasteiger charge is 2.31. The Bertz CT molecular complexity index is 606. The molecular weight excluding hydrogens is 349 g/mol. The highest BCUT2D eigenvalue weighted by Crippen LogP contribution is 2.34. The average molecular weight is 367 g/mol. The Morgan fingerprint density at radius 3 is 2.38 bits per heavy atom. The van der Waals surface area contributed by atoms with Crippen molar-refractivity contribution in [3.63, 3.8) is 0 Å². The lowest BCUT2D eigenvalue weighted by Gasteiger charge is -2.22. The topological polar surface area (TPSA) is 67.4 Å². The standard InChI is InChI=1S/C15H18ClF3N2O3/c1-8(2)13(14(23)24-7-12(22)20-3)21-11-5-4-9(6-10(11)16)15(17,18)19/h4-6,8,13,21H,7H2,1-3H3,(H,20,22)/t13-/m0/s1. The Balaban J connectivity index is 2.89. The molecule has 1 aromatic carbocycles. The molecule has 5 nitrogen and oxygen atoms in total. The van der Waals surface area contributed by atoms with Crippen LogP contribution in [0.15, 0.2) is 18.2 Å². The summed E-state index contributed by atoms with van der Waals surface area (Å²) in [5, 5.41) is 4.89. The van der Waals surface area contributed by atoms with E-state index in [1.54, 1.807) is 13.8 Å². The van der Waals surface area contributed by atoms with Gasteiger partial charge in [-0.05, 0) is 24.1 Å². The zero-order valence-corrected chi connectivity index (χ0v) is 14.1. The molecule has 1 rings (SSSR count). The first kappa shape index (κ1) is 20.1. The molecule has 0 bridgehead atoms. The Labute approximate surface area is 142 Å². The summed E-state index contributed by atoms with van der Waals surface area (Å²) in [5.74, 6) is -1.43. The van der Waals surface area contributed by atoms with E-state index in [-0.39, 0.29) is 16.6 Å². The van der Waals surface area contributed by atoms with Crippen molar-refractivity contribution in [1.29, 1.82) is 0 Å². The summed E-state index contributed by atoms with van der Waals surface area (Å²) in [5.41, 5.74) is -0.721. The number of likely N-dealkylation sites (N-methyl/N-ethyl adjacent to an activating group) is 1. The molecular formula is C15H18ClF3N2O3. The number of esters is 1. The number of nitrogens with one attached hydrogen (secondary N) is 2. The first-order chi connectivity index (χ1) is 11.1. The van der Waals surface area contributed by atoms with Gasteiger partial charge in [-0.1, -0.05) is 25.4 Å². The third-order valence-electron chi connectivity index (χ3n) is 3.15. The van der Waals surface area contributed by atoms with E-state index in [4.69, 9.17) is 16.3 Å². The van der Waals surface area contributed by atoms with Crippen LogP contribution in [-0.4, -0.2) is 31.6 Å². The number of rotatable bonds is 6. The second kappa shape index (κ2) is 8.23. The molecule has 1 amide bonds. The van der Waals surface area contributed by atoms with E-state index in [1.807, 2.05) is 0 Å². The minimum absolute atomic E-state index is 0.167. The number of carbonyl (C=O) groups excluding carboxylic acids is 2. The number of ether oxygens (including phenoxy) is 1. The Hall–Kier alpha value is -1.96. The van der Waals surface area contributed by atoms with Crippen molar-refractivity contribution in [3.05, 3.63) is 28.8 Å². The van der Waals surface area contributed by atoms with Gasteiger partial charge in [0, 0.05) is 7.05 Å². The molecule has 1 atom stereocenters. The van der Waals surface area contributed by atoms with Crippen LogP contribution in [0.3, 0.4) is 0 Å². The Kier molecular flexibility index (Phi) is 6.89. The smallest absolute Gasteiger partial charge is 0.416 e. The molecule has 0 unspecified atom stereocenters. The molecule has 0 saturated heterocycles. The zero-order valence-electron chi connectivity index (χ0n) is 13.3. The maximum atomic E-state index is 12.6. The Morgan fingerprint density at radius 2 is 1.92 bits per heavy atom. The third-order valence-corrected chi connectivity index (χ3v) is 3.47. The van der Waals surface area contributed by atoms with Crippen LogP contribution >= 0.6 is 11.6 Å². The van der Waals surface area contributed by atoms with Crippen LogP contribution in [-0.2, 0) is 20.5 Å². The molecule has 0 radical (unpaired) electrons. The van der Waals surface area contributed by atoms with E-state index in [0.29, 0.717) is 0 Å². The zero-order chi connectivity index (χ0) is 18.5. The Morgan fingerprint density at radius 1 is 1.29 bits per heavy atom. The van der Waals surface area contributed by atoms with E-state index in [1.165, 1.54) is 7.05 Å². The van der Waals surface area contributed by atoms with Gasteiger partial charge in [-0.15, -0.1) is 0 Å². The molecule has 0 spiro atoms. The molecule has 24 heavy (non-hydrogen) atoms. The average Bonchev–Trinajstić information content (AvgIpc) is 2.49. The van der Waals surface area contributed by atoms with Crippen LogP contribution in [0.2, 0.25) is 5.02 Å². The van der Waals surface area contributed by atoms with E-state index in [9.17, 15) is 22.8 Å². The molecule has 0 aliphatic carbocycles. The number of carbonyl (C=O) groups is 2. The molecule has 0 fully saturated rings. The molecule has 0 saturated carbocycles. The van der Waals surface area contributed by atoms with Crippen molar-refractivity contribution in [2.75, 3.05) is 19.0 Å². The SMILES string of the molecule is CNC(=O)COC(=O)[C@@H](Nc1ccc(C(F)(F)F)cc1Cl)C(C)C. The number of anilines is 1. The summed E-state index contributed by atoms with van der Waals surface area (Å²) in [6.07, 6.45) is -4.51. The predicted octanol–water partition coefficient (Wildman–Crippen LogP) is 3.08. The van der Waals surface area contributed by atoms with Crippen molar-refractivity contribution in [1.82, 2.24) is 5.32 Å². The van der Waals surface area contributed by atoms with E-state index in [2.05, 4.69) is 10.6 Å². The fraction of sp³-hybridized carbons (Fsp3) is 0.467. The molecule has 0 aliphatic rings. The fourth-order valence-electron chi connectivity index (χ4n) is 1.77. The first-order valence-corrected chi connectivity index (χ1v) is 7.44. The summed E-state index contributed by atoms with van der Waals surface area (Å²) in [6.45, 7) is 2.99. The van der Waals surface area contributed by atoms with Crippen molar-refractivity contribution >= 4 is 29.2 Å². The van der Waals surface area contributed by atoms with Crippen LogP contribution in [0.1, 0.15) is 19.4 Å². The predicted molar refractivity (Wildman–Crippen MR) is 83.7 cm³/mol. The van der Waals surface area contributed by atoms with Gasteiger partial charge in [0.25, 0.3) is 5.91 Å². The van der Waals surface area contributed by atoms with Crippen molar-refractivity contribution in [2.45, 2.75) is 26.1 Å². The molecule has 0 heterocycles. The summed E-state index contributed by atoms with van der Waals surface area (Å²) in [6, 6.07) is 1.91. The number of hydrogen-bond donors (Lipinski definition) is 2. The van der Waals surface area contributed by atoms with Gasteiger partial charge in [0.15, 0.2) is 6.61 Å². The third kappa shape index (κ3) is 5.59. The van der Waals surface area contributed by atoms with Crippen LogP contribution in [0.4, 0.5) is 18.9 Å². The monoisotopic (exact) mass is 366 g/mol. The fourth-order valence-corrected chi connectivity index (χ4v) is 2.01. The summed E-state index contributed by atoms with van der Waals surface area (Å²) >= 11 is 5.86. The van der Waals surface area contributed by atoms with Crippen molar-refractivity contribution in [2.24, 2.45) is 5.92 Å². The number of benzene rings is 1. The summed E-state index contributed by atoms with van der Waals surface area (Å²) in [7, 11) is 1.40. The van der Waals surface area contributed by atoms with E-state index in [0.717, 1.165) is 18.2 Å². The molecule has 0 aromatic heterocycles. The van der Waals surface area contributed by atoms with Gasteiger partial charge in [0.2, 0.25) is 0 Å².